The molecule has 0 saturated heterocycles. The van der Waals surface area contributed by atoms with E-state index < -0.39 is 21.2 Å². The molecule has 0 fully saturated rings. The molecule has 0 aliphatic carbocycles. The van der Waals surface area contributed by atoms with Crippen LogP contribution in [-0.2, 0) is 26.9 Å². The van der Waals surface area contributed by atoms with Gasteiger partial charge in [0, 0.05) is 25.2 Å². The average Bonchev–Trinajstić information content (AvgIpc) is 3.10. The van der Waals surface area contributed by atoms with Crippen LogP contribution in [0.3, 0.4) is 0 Å². The maximum Gasteiger partial charge on any atom is 0.318 e. The van der Waals surface area contributed by atoms with Gasteiger partial charge in [0.05, 0.1) is 30.8 Å². The van der Waals surface area contributed by atoms with Crippen molar-refractivity contribution in [1.82, 2.24) is 19.8 Å². The second kappa shape index (κ2) is 10.4. The molecule has 1 N–H and O–H groups in total. The fourth-order valence-corrected chi connectivity index (χ4v) is 4.79. The van der Waals surface area contributed by atoms with E-state index in [0.29, 0.717) is 24.4 Å². The zero-order chi connectivity index (χ0) is 24.1. The van der Waals surface area contributed by atoms with Gasteiger partial charge in [0.2, 0.25) is 15.0 Å². The summed E-state index contributed by atoms with van der Waals surface area (Å²) in [7, 11) is -2.24. The Bertz CT molecular complexity index is 1010. The van der Waals surface area contributed by atoms with Gasteiger partial charge in [-0.25, -0.2) is 22.6 Å². The maximum absolute atomic E-state index is 13.2. The molecule has 10 heteroatoms. The minimum atomic E-state index is -3.80. The van der Waals surface area contributed by atoms with E-state index in [1.54, 1.807) is 16.6 Å². The Kier molecular flexibility index (Phi) is 8.41. The van der Waals surface area contributed by atoms with Gasteiger partial charge >= 0.3 is 6.03 Å². The number of benzene rings is 1. The van der Waals surface area contributed by atoms with E-state index in [1.165, 1.54) is 30.5 Å². The molecule has 178 valence electrons. The summed E-state index contributed by atoms with van der Waals surface area (Å²) in [6.07, 6.45) is 1.49. The summed E-state index contributed by atoms with van der Waals surface area (Å²) in [6, 6.07) is 4.86. The van der Waals surface area contributed by atoms with E-state index in [0.717, 1.165) is 0 Å². The Labute approximate surface area is 189 Å². The number of aromatic nitrogens is 2. The number of halogens is 1. The minimum Gasteiger partial charge on any atom is -0.383 e. The van der Waals surface area contributed by atoms with Crippen LogP contribution in [0.1, 0.15) is 51.9 Å². The lowest BCUT2D eigenvalue weighted by Gasteiger charge is -2.29. The van der Waals surface area contributed by atoms with Crippen molar-refractivity contribution in [2.75, 3.05) is 20.3 Å². The fourth-order valence-electron chi connectivity index (χ4n) is 3.19. The molecule has 0 unspecified atom stereocenters. The third kappa shape index (κ3) is 7.03. The van der Waals surface area contributed by atoms with E-state index in [1.807, 2.05) is 34.6 Å². The molecule has 0 atom stereocenters. The molecular formula is C22H33FN4O4S. The quantitative estimate of drug-likeness (QED) is 0.608. The smallest absolute Gasteiger partial charge is 0.318 e. The maximum atomic E-state index is 13.2. The molecule has 2 rings (SSSR count). The highest BCUT2D eigenvalue weighted by molar-refractivity contribution is 7.90. The van der Waals surface area contributed by atoms with E-state index in [2.05, 4.69) is 10.3 Å². The molecule has 0 spiro atoms. The fraction of sp³-hybridized carbons (Fsp3) is 0.545. The number of amides is 2. The number of methoxy groups -OCH3 is 1. The van der Waals surface area contributed by atoms with Gasteiger partial charge in [0.25, 0.3) is 0 Å². The Morgan fingerprint density at radius 3 is 2.41 bits per heavy atom. The average molecular weight is 469 g/mol. The highest BCUT2D eigenvalue weighted by Gasteiger charge is 2.27. The van der Waals surface area contributed by atoms with Crippen molar-refractivity contribution in [2.24, 2.45) is 0 Å². The molecule has 1 aromatic heterocycles. The second-order valence-electron chi connectivity index (χ2n) is 8.98. The van der Waals surface area contributed by atoms with Crippen LogP contribution in [0, 0.1) is 5.82 Å². The molecule has 0 saturated carbocycles. The summed E-state index contributed by atoms with van der Waals surface area (Å²) in [4.78, 5) is 18.6. The standard InChI is InChI=1S/C22H33FN4O4S/c1-16(2)27-19(14-26(11-12-31-6)20(28)25-22(3,4)5)13-24-21(27)32(29,30)15-17-7-9-18(23)10-8-17/h7-10,13,16H,11-12,14-15H2,1-6H3,(H,25,28). The van der Waals surface area contributed by atoms with Crippen molar-refractivity contribution in [3.8, 4) is 0 Å². The topological polar surface area (TPSA) is 93.5 Å². The van der Waals surface area contributed by atoms with Crippen LogP contribution in [0.15, 0.2) is 35.6 Å². The van der Waals surface area contributed by atoms with Crippen molar-refractivity contribution in [2.45, 2.75) is 63.7 Å². The lowest BCUT2D eigenvalue weighted by atomic mass is 10.1. The molecule has 1 heterocycles. The SMILES string of the molecule is COCCN(Cc1cnc(S(=O)(=O)Cc2ccc(F)cc2)n1C(C)C)C(=O)NC(C)(C)C. The summed E-state index contributed by atoms with van der Waals surface area (Å²) in [5.41, 5.74) is 0.639. The summed E-state index contributed by atoms with van der Waals surface area (Å²) in [5.74, 6) is -0.726. The number of imidazole rings is 1. The first-order valence-corrected chi connectivity index (χ1v) is 12.1. The van der Waals surface area contributed by atoms with Crippen molar-refractivity contribution in [3.05, 3.63) is 47.5 Å². The normalized spacial score (nSPS) is 12.2. The molecule has 0 bridgehead atoms. The van der Waals surface area contributed by atoms with Crippen LogP contribution >= 0.6 is 0 Å². The van der Waals surface area contributed by atoms with Gasteiger partial charge in [0.15, 0.2) is 0 Å². The number of nitrogens with one attached hydrogen (secondary N) is 1. The number of carbonyl (C=O) groups is 1. The van der Waals surface area contributed by atoms with Crippen LogP contribution in [0.4, 0.5) is 9.18 Å². The summed E-state index contributed by atoms with van der Waals surface area (Å²) < 4.78 is 46.2. The molecule has 8 nitrogen and oxygen atoms in total. The van der Waals surface area contributed by atoms with E-state index >= 15 is 0 Å². The minimum absolute atomic E-state index is 0.0743. The van der Waals surface area contributed by atoms with Gasteiger partial charge in [-0.15, -0.1) is 0 Å². The number of hydrogen-bond donors (Lipinski definition) is 1. The number of sulfone groups is 1. The monoisotopic (exact) mass is 468 g/mol. The van der Waals surface area contributed by atoms with Gasteiger partial charge < -0.3 is 19.5 Å². The van der Waals surface area contributed by atoms with Gasteiger partial charge in [0.1, 0.15) is 5.82 Å². The third-order valence-corrected chi connectivity index (χ3v) is 6.16. The highest BCUT2D eigenvalue weighted by Crippen LogP contribution is 2.23. The Morgan fingerprint density at radius 2 is 1.88 bits per heavy atom. The number of urea groups is 1. The van der Waals surface area contributed by atoms with Crippen LogP contribution < -0.4 is 5.32 Å². The van der Waals surface area contributed by atoms with Gasteiger partial charge in [-0.05, 0) is 52.3 Å². The molecule has 1 aromatic carbocycles. The number of nitrogens with zero attached hydrogens (tertiary/aromatic N) is 3. The number of rotatable bonds is 9. The van der Waals surface area contributed by atoms with E-state index in [-0.39, 0.29) is 29.5 Å². The molecular weight excluding hydrogens is 435 g/mol. The van der Waals surface area contributed by atoms with E-state index in [4.69, 9.17) is 4.74 Å². The summed E-state index contributed by atoms with van der Waals surface area (Å²) in [5, 5.41) is 2.85. The Morgan fingerprint density at radius 1 is 1.25 bits per heavy atom. The summed E-state index contributed by atoms with van der Waals surface area (Å²) >= 11 is 0. The second-order valence-corrected chi connectivity index (χ2v) is 10.9. The number of hydrogen-bond acceptors (Lipinski definition) is 5. The highest BCUT2D eigenvalue weighted by atomic mass is 32.2. The third-order valence-electron chi connectivity index (χ3n) is 4.59. The zero-order valence-corrected chi connectivity index (χ0v) is 20.4. The van der Waals surface area contributed by atoms with E-state index in [9.17, 15) is 17.6 Å². The predicted octanol–water partition coefficient (Wildman–Crippen LogP) is 3.53. The van der Waals surface area contributed by atoms with Gasteiger partial charge in [-0.2, -0.15) is 0 Å². The number of ether oxygens (including phenoxy) is 1. The zero-order valence-electron chi connectivity index (χ0n) is 19.6. The predicted molar refractivity (Wildman–Crippen MR) is 120 cm³/mol. The molecule has 2 aromatic rings. The largest absolute Gasteiger partial charge is 0.383 e. The van der Waals surface area contributed by atoms with Crippen molar-refractivity contribution >= 4 is 15.9 Å². The van der Waals surface area contributed by atoms with Gasteiger partial charge in [-0.3, -0.25) is 0 Å². The Hall–Kier alpha value is -2.46. The lowest BCUT2D eigenvalue weighted by Crippen LogP contribution is -2.49. The first kappa shape index (κ1) is 25.8. The molecule has 0 radical (unpaired) electrons. The van der Waals surface area contributed by atoms with Gasteiger partial charge in [-0.1, -0.05) is 12.1 Å². The first-order chi connectivity index (χ1) is 14.8. The lowest BCUT2D eigenvalue weighted by molar-refractivity contribution is 0.141. The molecule has 0 aliphatic rings. The van der Waals surface area contributed by atoms with Crippen molar-refractivity contribution in [1.29, 1.82) is 0 Å². The molecule has 2 amide bonds. The number of carbonyl (C=O) groups excluding carboxylic acids is 1. The Balaban J connectivity index is 2.36. The first-order valence-electron chi connectivity index (χ1n) is 10.4. The van der Waals surface area contributed by atoms with Crippen LogP contribution in [0.5, 0.6) is 0 Å². The van der Waals surface area contributed by atoms with Crippen LogP contribution in [-0.4, -0.2) is 54.7 Å². The summed E-state index contributed by atoms with van der Waals surface area (Å²) in [6.45, 7) is 10.2. The van der Waals surface area contributed by atoms with Crippen molar-refractivity contribution in [3.63, 3.8) is 0 Å². The van der Waals surface area contributed by atoms with Crippen LogP contribution in [0.25, 0.3) is 0 Å². The van der Waals surface area contributed by atoms with Crippen LogP contribution in [0.2, 0.25) is 0 Å². The molecule has 0 aliphatic heterocycles. The molecule has 32 heavy (non-hydrogen) atoms. The van der Waals surface area contributed by atoms with Crippen molar-refractivity contribution < 1.29 is 22.3 Å².